The van der Waals surface area contributed by atoms with Crippen molar-refractivity contribution in [3.63, 3.8) is 0 Å². The van der Waals surface area contributed by atoms with E-state index < -0.39 is 0 Å². The van der Waals surface area contributed by atoms with Crippen LogP contribution in [-0.2, 0) is 9.59 Å². The predicted molar refractivity (Wildman–Crippen MR) is 67.9 cm³/mol. The molecule has 3 rings (SSSR count). The molecule has 0 bridgehead atoms. The molecule has 94 valence electrons. The van der Waals surface area contributed by atoms with Gasteiger partial charge in [-0.05, 0) is 42.7 Å². The first-order valence-corrected chi connectivity index (χ1v) is 6.56. The number of hydrogen-bond donors (Lipinski definition) is 1. The van der Waals surface area contributed by atoms with Crippen LogP contribution in [0.25, 0.3) is 0 Å². The zero-order valence-corrected chi connectivity index (χ0v) is 10.5. The lowest BCUT2D eigenvalue weighted by Crippen LogP contribution is -2.45. The van der Waals surface area contributed by atoms with E-state index in [9.17, 15) is 9.59 Å². The summed E-state index contributed by atoms with van der Waals surface area (Å²) in [6, 6.07) is 8.00. The van der Waals surface area contributed by atoms with Gasteiger partial charge in [0.15, 0.2) is 0 Å². The summed E-state index contributed by atoms with van der Waals surface area (Å²) in [5, 5.41) is 2.49. The molecule has 18 heavy (non-hydrogen) atoms. The second-order valence-corrected chi connectivity index (χ2v) is 5.45. The second-order valence-electron chi connectivity index (χ2n) is 5.45. The van der Waals surface area contributed by atoms with E-state index in [-0.39, 0.29) is 23.7 Å². The summed E-state index contributed by atoms with van der Waals surface area (Å²) in [5.41, 5.74) is 2.22. The minimum absolute atomic E-state index is 0.110. The van der Waals surface area contributed by atoms with Crippen molar-refractivity contribution in [2.75, 3.05) is 0 Å². The van der Waals surface area contributed by atoms with E-state index in [2.05, 4.69) is 5.32 Å². The van der Waals surface area contributed by atoms with Gasteiger partial charge in [0.05, 0.1) is 5.92 Å². The van der Waals surface area contributed by atoms with Gasteiger partial charge < -0.3 is 0 Å². The van der Waals surface area contributed by atoms with E-state index in [1.54, 1.807) is 0 Å². The van der Waals surface area contributed by atoms with E-state index in [1.165, 1.54) is 0 Å². The highest BCUT2D eigenvalue weighted by Crippen LogP contribution is 2.47. The summed E-state index contributed by atoms with van der Waals surface area (Å²) in [4.78, 5) is 23.7. The summed E-state index contributed by atoms with van der Waals surface area (Å²) < 4.78 is 0. The van der Waals surface area contributed by atoms with Gasteiger partial charge in [-0.2, -0.15) is 0 Å². The molecule has 3 heteroatoms. The maximum absolute atomic E-state index is 12.2. The number of carbonyl (C=O) groups excluding carboxylic acids is 2. The molecule has 1 N–H and O–H groups in total. The van der Waals surface area contributed by atoms with Crippen LogP contribution in [-0.4, -0.2) is 11.8 Å². The lowest BCUT2D eigenvalue weighted by Gasteiger charge is -2.31. The number of rotatable bonds is 2. The predicted octanol–water partition coefficient (Wildman–Crippen LogP) is 2.15. The zero-order chi connectivity index (χ0) is 12.7. The molecule has 2 unspecified atom stereocenters. The Hall–Kier alpha value is -1.64. The van der Waals surface area contributed by atoms with Gasteiger partial charge in [0, 0.05) is 6.42 Å². The number of carbonyl (C=O) groups is 2. The van der Waals surface area contributed by atoms with Gasteiger partial charge in [-0.15, -0.1) is 0 Å². The third-order valence-electron chi connectivity index (χ3n) is 4.15. The first kappa shape index (κ1) is 11.5. The van der Waals surface area contributed by atoms with Crippen LogP contribution in [0.4, 0.5) is 0 Å². The van der Waals surface area contributed by atoms with Crippen LogP contribution >= 0.6 is 0 Å². The Morgan fingerprint density at radius 1 is 1.17 bits per heavy atom. The Balaban J connectivity index is 1.98. The minimum atomic E-state index is -0.142. The topological polar surface area (TPSA) is 46.2 Å². The van der Waals surface area contributed by atoms with E-state index in [0.717, 1.165) is 24.0 Å². The van der Waals surface area contributed by atoms with Crippen LogP contribution in [0.15, 0.2) is 24.3 Å². The molecule has 2 amide bonds. The van der Waals surface area contributed by atoms with Crippen molar-refractivity contribution >= 4 is 11.8 Å². The minimum Gasteiger partial charge on any atom is -0.296 e. The van der Waals surface area contributed by atoms with Crippen LogP contribution in [0.3, 0.4) is 0 Å². The number of amides is 2. The number of benzene rings is 1. The van der Waals surface area contributed by atoms with E-state index >= 15 is 0 Å². The molecule has 2 aliphatic rings. The SMILES string of the molecule is Cc1ccccc1C1C(=O)NC(=O)CC1C1CC1. The van der Waals surface area contributed by atoms with E-state index in [1.807, 2.05) is 31.2 Å². The number of hydrogen-bond acceptors (Lipinski definition) is 2. The van der Waals surface area contributed by atoms with Gasteiger partial charge in [0.25, 0.3) is 0 Å². The summed E-state index contributed by atoms with van der Waals surface area (Å²) in [7, 11) is 0. The Labute approximate surface area is 107 Å². The van der Waals surface area contributed by atoms with Gasteiger partial charge in [-0.25, -0.2) is 0 Å². The molecule has 1 saturated heterocycles. The van der Waals surface area contributed by atoms with Crippen molar-refractivity contribution < 1.29 is 9.59 Å². The lowest BCUT2D eigenvalue weighted by molar-refractivity contribution is -0.136. The molecule has 1 aliphatic carbocycles. The van der Waals surface area contributed by atoms with Crippen LogP contribution in [0.2, 0.25) is 0 Å². The molecule has 1 heterocycles. The molecule has 0 radical (unpaired) electrons. The molecule has 1 aromatic rings. The van der Waals surface area contributed by atoms with Crippen molar-refractivity contribution in [2.24, 2.45) is 11.8 Å². The maximum atomic E-state index is 12.2. The fraction of sp³-hybridized carbons (Fsp3) is 0.467. The van der Waals surface area contributed by atoms with E-state index in [0.29, 0.717) is 12.3 Å². The Bertz CT molecular complexity index is 505. The largest absolute Gasteiger partial charge is 0.296 e. The van der Waals surface area contributed by atoms with Gasteiger partial charge in [-0.3, -0.25) is 14.9 Å². The number of imide groups is 1. The molecule has 1 aromatic carbocycles. The van der Waals surface area contributed by atoms with Gasteiger partial charge in [-0.1, -0.05) is 24.3 Å². The summed E-state index contributed by atoms with van der Waals surface area (Å²) in [6.07, 6.45) is 2.82. The van der Waals surface area contributed by atoms with Crippen molar-refractivity contribution in [3.05, 3.63) is 35.4 Å². The molecule has 2 fully saturated rings. The van der Waals surface area contributed by atoms with Crippen molar-refractivity contribution in [1.29, 1.82) is 0 Å². The standard InChI is InChI=1S/C15H17NO2/c1-9-4-2-3-5-11(9)14-12(10-6-7-10)8-13(17)16-15(14)18/h2-5,10,12,14H,6-8H2,1H3,(H,16,17,18). The smallest absolute Gasteiger partial charge is 0.234 e. The fourth-order valence-corrected chi connectivity index (χ4v) is 3.06. The highest BCUT2D eigenvalue weighted by molar-refractivity contribution is 6.01. The molecular formula is C15H17NO2. The van der Waals surface area contributed by atoms with Gasteiger partial charge in [0.2, 0.25) is 11.8 Å². The number of aryl methyl sites for hydroxylation is 1. The maximum Gasteiger partial charge on any atom is 0.234 e. The number of nitrogens with one attached hydrogen (secondary N) is 1. The normalized spacial score (nSPS) is 28.1. The number of piperidine rings is 1. The van der Waals surface area contributed by atoms with Crippen LogP contribution in [0, 0.1) is 18.8 Å². The molecular weight excluding hydrogens is 226 g/mol. The molecule has 1 saturated carbocycles. The van der Waals surface area contributed by atoms with Crippen LogP contribution in [0.1, 0.15) is 36.3 Å². The Kier molecular flexibility index (Phi) is 2.69. The second kappa shape index (κ2) is 4.23. The highest BCUT2D eigenvalue weighted by Gasteiger charge is 2.45. The van der Waals surface area contributed by atoms with Crippen LogP contribution in [0.5, 0.6) is 0 Å². The van der Waals surface area contributed by atoms with Gasteiger partial charge >= 0.3 is 0 Å². The molecule has 0 aromatic heterocycles. The quantitative estimate of drug-likeness (QED) is 0.809. The summed E-state index contributed by atoms with van der Waals surface area (Å²) >= 11 is 0. The summed E-state index contributed by atoms with van der Waals surface area (Å²) in [6.45, 7) is 2.03. The highest BCUT2D eigenvalue weighted by atomic mass is 16.2. The third-order valence-corrected chi connectivity index (χ3v) is 4.15. The molecule has 2 atom stereocenters. The molecule has 3 nitrogen and oxygen atoms in total. The molecule has 1 aliphatic heterocycles. The van der Waals surface area contributed by atoms with Crippen molar-refractivity contribution in [1.82, 2.24) is 5.32 Å². The monoisotopic (exact) mass is 243 g/mol. The lowest BCUT2D eigenvalue weighted by atomic mass is 9.76. The van der Waals surface area contributed by atoms with Gasteiger partial charge in [0.1, 0.15) is 0 Å². The Morgan fingerprint density at radius 2 is 1.89 bits per heavy atom. The van der Waals surface area contributed by atoms with Crippen molar-refractivity contribution in [2.45, 2.75) is 32.1 Å². The zero-order valence-electron chi connectivity index (χ0n) is 10.5. The average Bonchev–Trinajstić information content (AvgIpc) is 3.13. The first-order chi connectivity index (χ1) is 8.66. The third kappa shape index (κ3) is 1.94. The fourth-order valence-electron chi connectivity index (χ4n) is 3.06. The molecule has 0 spiro atoms. The Morgan fingerprint density at radius 3 is 2.56 bits per heavy atom. The average molecular weight is 243 g/mol. The first-order valence-electron chi connectivity index (χ1n) is 6.56. The van der Waals surface area contributed by atoms with Crippen LogP contribution < -0.4 is 5.32 Å². The summed E-state index contributed by atoms with van der Waals surface area (Å²) in [5.74, 6) is 0.396. The van der Waals surface area contributed by atoms with Crippen molar-refractivity contribution in [3.8, 4) is 0 Å². The van der Waals surface area contributed by atoms with E-state index in [4.69, 9.17) is 0 Å².